The molecule has 0 N–H and O–H groups in total. The van der Waals surface area contributed by atoms with Gasteiger partial charge in [0, 0.05) is 5.69 Å². The van der Waals surface area contributed by atoms with E-state index < -0.39 is 0 Å². The molecule has 0 atom stereocenters. The molecule has 2 nitrogen and oxygen atoms in total. The molecule has 0 unspecified atom stereocenters. The lowest BCUT2D eigenvalue weighted by molar-refractivity contribution is 0.818. The van der Waals surface area contributed by atoms with Gasteiger partial charge in [0.1, 0.15) is 0 Å². The molecule has 2 rings (SSSR count). The average Bonchev–Trinajstić information content (AvgIpc) is 2.64. The van der Waals surface area contributed by atoms with Crippen LogP contribution in [-0.2, 0) is 0 Å². The molecule has 0 aliphatic carbocycles. The number of aryl methyl sites for hydroxylation is 1. The van der Waals surface area contributed by atoms with Crippen molar-refractivity contribution in [1.29, 1.82) is 0 Å². The molecule has 1 heterocycles. The molecule has 0 aliphatic rings. The van der Waals surface area contributed by atoms with Crippen LogP contribution < -0.4 is 0 Å². The zero-order valence-corrected chi connectivity index (χ0v) is 13.9. The highest BCUT2D eigenvalue weighted by Crippen LogP contribution is 2.29. The predicted molar refractivity (Wildman–Crippen MR) is 86.2 cm³/mol. The van der Waals surface area contributed by atoms with E-state index in [0.717, 1.165) is 16.4 Å². The second kappa shape index (κ2) is 5.61. The van der Waals surface area contributed by atoms with E-state index in [4.69, 9.17) is 11.6 Å². The summed E-state index contributed by atoms with van der Waals surface area (Å²) in [7, 11) is 0. The van der Waals surface area contributed by atoms with Crippen molar-refractivity contribution in [2.45, 2.75) is 53.4 Å². The van der Waals surface area contributed by atoms with Crippen LogP contribution in [0.4, 0.5) is 0 Å². The fourth-order valence-corrected chi connectivity index (χ4v) is 3.05. The highest BCUT2D eigenvalue weighted by atomic mass is 35.5. The van der Waals surface area contributed by atoms with Crippen molar-refractivity contribution in [3.8, 4) is 5.69 Å². The Balaban J connectivity index is 2.55. The highest BCUT2D eigenvalue weighted by molar-refractivity contribution is 6.32. The average molecular weight is 291 g/mol. The third kappa shape index (κ3) is 2.62. The molecule has 0 amide bonds. The SMILES string of the molecule is Cc1nn(-c2ccc(C(C)C)cc2Cl)c(C)c1C(C)C. The standard InChI is InChI=1S/C17H23ClN2/c1-10(2)14-7-8-16(15(18)9-14)20-13(6)17(11(3)4)12(5)19-20/h7-11H,1-6H3. The minimum absolute atomic E-state index is 0.470. The summed E-state index contributed by atoms with van der Waals surface area (Å²) in [5.41, 5.74) is 5.79. The van der Waals surface area contributed by atoms with Crippen molar-refractivity contribution in [3.63, 3.8) is 0 Å². The van der Waals surface area contributed by atoms with Crippen LogP contribution in [0.5, 0.6) is 0 Å². The fourth-order valence-electron chi connectivity index (χ4n) is 2.78. The maximum Gasteiger partial charge on any atom is 0.0835 e. The summed E-state index contributed by atoms with van der Waals surface area (Å²) in [6.07, 6.45) is 0. The van der Waals surface area contributed by atoms with Gasteiger partial charge in [-0.1, -0.05) is 45.4 Å². The van der Waals surface area contributed by atoms with E-state index in [9.17, 15) is 0 Å². The van der Waals surface area contributed by atoms with Gasteiger partial charge in [0.05, 0.1) is 16.4 Å². The minimum Gasteiger partial charge on any atom is -0.236 e. The third-order valence-corrected chi connectivity index (χ3v) is 4.09. The highest BCUT2D eigenvalue weighted by Gasteiger charge is 2.17. The third-order valence-electron chi connectivity index (χ3n) is 3.79. The number of nitrogens with zero attached hydrogens (tertiary/aromatic N) is 2. The molecule has 0 bridgehead atoms. The molecular weight excluding hydrogens is 268 g/mol. The first kappa shape index (κ1) is 15.1. The molecule has 108 valence electrons. The van der Waals surface area contributed by atoms with Gasteiger partial charge in [-0.3, -0.25) is 0 Å². The zero-order valence-electron chi connectivity index (χ0n) is 13.2. The van der Waals surface area contributed by atoms with Crippen LogP contribution in [0.1, 0.15) is 62.0 Å². The summed E-state index contributed by atoms with van der Waals surface area (Å²) in [5.74, 6) is 0.950. The molecule has 0 fully saturated rings. The first-order valence-electron chi connectivity index (χ1n) is 7.18. The fraction of sp³-hybridized carbons (Fsp3) is 0.471. The normalized spacial score (nSPS) is 11.7. The van der Waals surface area contributed by atoms with Crippen molar-refractivity contribution in [1.82, 2.24) is 9.78 Å². The number of aromatic nitrogens is 2. The Morgan fingerprint density at radius 2 is 1.70 bits per heavy atom. The second-order valence-electron chi connectivity index (χ2n) is 6.02. The second-order valence-corrected chi connectivity index (χ2v) is 6.42. The van der Waals surface area contributed by atoms with E-state index >= 15 is 0 Å². The molecule has 3 heteroatoms. The smallest absolute Gasteiger partial charge is 0.0835 e. The number of halogens is 1. The first-order chi connectivity index (χ1) is 9.32. The molecule has 0 radical (unpaired) electrons. The first-order valence-corrected chi connectivity index (χ1v) is 7.56. The van der Waals surface area contributed by atoms with E-state index in [1.165, 1.54) is 16.8 Å². The molecule has 1 aromatic heterocycles. The molecule has 0 saturated heterocycles. The van der Waals surface area contributed by atoms with Crippen LogP contribution in [0.3, 0.4) is 0 Å². The van der Waals surface area contributed by atoms with Crippen molar-refractivity contribution >= 4 is 11.6 Å². The summed E-state index contributed by atoms with van der Waals surface area (Å²) in [6.45, 7) is 12.9. The maximum absolute atomic E-state index is 6.46. The Kier molecular flexibility index (Phi) is 4.24. The van der Waals surface area contributed by atoms with Gasteiger partial charge in [-0.05, 0) is 48.9 Å². The van der Waals surface area contributed by atoms with Crippen LogP contribution in [0.25, 0.3) is 5.69 Å². The van der Waals surface area contributed by atoms with E-state index in [1.54, 1.807) is 0 Å². The number of rotatable bonds is 3. The number of hydrogen-bond donors (Lipinski definition) is 0. The van der Waals surface area contributed by atoms with Crippen molar-refractivity contribution in [2.75, 3.05) is 0 Å². The van der Waals surface area contributed by atoms with Crippen LogP contribution in [-0.4, -0.2) is 9.78 Å². The maximum atomic E-state index is 6.46. The Labute approximate surface area is 126 Å². The molecule has 0 spiro atoms. The molecular formula is C17H23ClN2. The Morgan fingerprint density at radius 3 is 2.15 bits per heavy atom. The van der Waals surface area contributed by atoms with E-state index in [-0.39, 0.29) is 0 Å². The van der Waals surface area contributed by atoms with Gasteiger partial charge in [-0.25, -0.2) is 4.68 Å². The molecule has 0 aliphatic heterocycles. The van der Waals surface area contributed by atoms with E-state index in [2.05, 4.69) is 58.8 Å². The van der Waals surface area contributed by atoms with Gasteiger partial charge in [0.25, 0.3) is 0 Å². The van der Waals surface area contributed by atoms with Gasteiger partial charge < -0.3 is 0 Å². The van der Waals surface area contributed by atoms with Gasteiger partial charge in [0.2, 0.25) is 0 Å². The number of hydrogen-bond acceptors (Lipinski definition) is 1. The summed E-state index contributed by atoms with van der Waals surface area (Å²) in [5, 5.41) is 5.43. The summed E-state index contributed by atoms with van der Waals surface area (Å²) < 4.78 is 1.97. The Bertz CT molecular complexity index is 624. The summed E-state index contributed by atoms with van der Waals surface area (Å²) in [6, 6.07) is 6.26. The Hall–Kier alpha value is -1.28. The lowest BCUT2D eigenvalue weighted by Gasteiger charge is -2.12. The van der Waals surface area contributed by atoms with Gasteiger partial charge in [-0.2, -0.15) is 5.10 Å². The quantitative estimate of drug-likeness (QED) is 0.741. The van der Waals surface area contributed by atoms with E-state index in [0.29, 0.717) is 11.8 Å². The minimum atomic E-state index is 0.470. The van der Waals surface area contributed by atoms with E-state index in [1.807, 2.05) is 10.7 Å². The topological polar surface area (TPSA) is 17.8 Å². The predicted octanol–water partition coefficient (Wildman–Crippen LogP) is 5.39. The largest absolute Gasteiger partial charge is 0.236 e. The number of benzene rings is 1. The lowest BCUT2D eigenvalue weighted by atomic mass is 10.0. The van der Waals surface area contributed by atoms with Gasteiger partial charge in [0.15, 0.2) is 0 Å². The van der Waals surface area contributed by atoms with Crippen molar-refractivity contribution < 1.29 is 0 Å². The van der Waals surface area contributed by atoms with Crippen LogP contribution >= 0.6 is 11.6 Å². The molecule has 1 aromatic carbocycles. The summed E-state index contributed by atoms with van der Waals surface area (Å²) in [4.78, 5) is 0. The Morgan fingerprint density at radius 1 is 1.05 bits per heavy atom. The summed E-state index contributed by atoms with van der Waals surface area (Å²) >= 11 is 6.46. The van der Waals surface area contributed by atoms with Crippen molar-refractivity contribution in [2.24, 2.45) is 0 Å². The molecule has 0 saturated carbocycles. The van der Waals surface area contributed by atoms with Crippen molar-refractivity contribution in [3.05, 3.63) is 45.7 Å². The zero-order chi connectivity index (χ0) is 15.0. The van der Waals surface area contributed by atoms with Gasteiger partial charge >= 0.3 is 0 Å². The van der Waals surface area contributed by atoms with Crippen LogP contribution in [0.2, 0.25) is 5.02 Å². The van der Waals surface area contributed by atoms with Crippen LogP contribution in [0, 0.1) is 13.8 Å². The molecule has 2 aromatic rings. The monoisotopic (exact) mass is 290 g/mol. The molecule has 20 heavy (non-hydrogen) atoms. The van der Waals surface area contributed by atoms with Gasteiger partial charge in [-0.15, -0.1) is 0 Å². The van der Waals surface area contributed by atoms with Crippen LogP contribution in [0.15, 0.2) is 18.2 Å². The lowest BCUT2D eigenvalue weighted by Crippen LogP contribution is -2.02.